The standard InChI is InChI=1S/C43H26N2S3/c1-3-10-28(11-4-1)43-44-34-23-25-39-41(42(34)48-43)33-26-29(20-24-37(33)47-39)27-18-21-31(22-19-27)45(30-12-5-2-6-13-30)35-15-9-17-38-40(35)32-14-7-8-16-36(32)46-38/h1-26H. The van der Waals surface area contributed by atoms with Crippen LogP contribution in [0, 0.1) is 0 Å². The highest BCUT2D eigenvalue weighted by atomic mass is 32.1. The van der Waals surface area contributed by atoms with Gasteiger partial charge in [0, 0.05) is 57.3 Å². The summed E-state index contributed by atoms with van der Waals surface area (Å²) in [5.41, 5.74) is 8.12. The van der Waals surface area contributed by atoms with Gasteiger partial charge in [0.15, 0.2) is 0 Å². The van der Waals surface area contributed by atoms with Crippen LogP contribution in [0.2, 0.25) is 0 Å². The summed E-state index contributed by atoms with van der Waals surface area (Å²) in [4.78, 5) is 7.42. The number of benzene rings is 7. The van der Waals surface area contributed by atoms with Crippen molar-refractivity contribution in [1.82, 2.24) is 4.98 Å². The summed E-state index contributed by atoms with van der Waals surface area (Å²) in [6.45, 7) is 0. The number of hydrogen-bond acceptors (Lipinski definition) is 5. The molecule has 0 unspecified atom stereocenters. The van der Waals surface area contributed by atoms with E-state index in [2.05, 4.69) is 163 Å². The smallest absolute Gasteiger partial charge is 0.124 e. The summed E-state index contributed by atoms with van der Waals surface area (Å²) in [5, 5.41) is 6.28. The Morgan fingerprint density at radius 3 is 1.90 bits per heavy atom. The third-order valence-electron chi connectivity index (χ3n) is 9.10. The van der Waals surface area contributed by atoms with E-state index in [1.54, 1.807) is 11.3 Å². The molecule has 226 valence electrons. The number of anilines is 3. The molecular weight excluding hydrogens is 641 g/mol. The van der Waals surface area contributed by atoms with Crippen molar-refractivity contribution in [3.8, 4) is 21.7 Å². The third kappa shape index (κ3) is 4.47. The maximum Gasteiger partial charge on any atom is 0.124 e. The SMILES string of the molecule is c1ccc(-c2nc3ccc4sc5ccc(-c6ccc(N(c7ccccc7)c7cccc8sc9ccccc9c78)cc6)cc5c4c3s2)cc1. The molecule has 0 atom stereocenters. The number of rotatable bonds is 5. The molecule has 0 radical (unpaired) electrons. The first-order chi connectivity index (χ1) is 23.8. The van der Waals surface area contributed by atoms with E-state index in [1.165, 1.54) is 67.4 Å². The second-order valence-corrected chi connectivity index (χ2v) is 15.1. The molecule has 0 N–H and O–H groups in total. The van der Waals surface area contributed by atoms with E-state index in [0.29, 0.717) is 0 Å². The van der Waals surface area contributed by atoms with Gasteiger partial charge in [0.25, 0.3) is 0 Å². The Labute approximate surface area is 289 Å². The van der Waals surface area contributed by atoms with E-state index in [-0.39, 0.29) is 0 Å². The zero-order valence-corrected chi connectivity index (χ0v) is 28.1. The van der Waals surface area contributed by atoms with Crippen molar-refractivity contribution < 1.29 is 0 Å². The fourth-order valence-electron chi connectivity index (χ4n) is 6.88. The van der Waals surface area contributed by atoms with Crippen LogP contribution in [0.4, 0.5) is 17.1 Å². The minimum Gasteiger partial charge on any atom is -0.310 e. The maximum absolute atomic E-state index is 5.03. The van der Waals surface area contributed by atoms with E-state index < -0.39 is 0 Å². The zero-order valence-electron chi connectivity index (χ0n) is 25.6. The average molecular weight is 667 g/mol. The topological polar surface area (TPSA) is 16.1 Å². The van der Waals surface area contributed by atoms with Crippen molar-refractivity contribution in [2.24, 2.45) is 0 Å². The minimum atomic E-state index is 1.07. The molecule has 0 fully saturated rings. The van der Waals surface area contributed by atoms with Crippen molar-refractivity contribution in [3.63, 3.8) is 0 Å². The van der Waals surface area contributed by atoms with Gasteiger partial charge < -0.3 is 4.90 Å². The van der Waals surface area contributed by atoms with Gasteiger partial charge in [-0.2, -0.15) is 0 Å². The van der Waals surface area contributed by atoms with Crippen LogP contribution in [-0.2, 0) is 0 Å². The number of aromatic nitrogens is 1. The minimum absolute atomic E-state index is 1.07. The predicted octanol–water partition coefficient (Wildman–Crippen LogP) is 13.8. The lowest BCUT2D eigenvalue weighted by Gasteiger charge is -2.26. The van der Waals surface area contributed by atoms with E-state index >= 15 is 0 Å². The fourth-order valence-corrected chi connectivity index (χ4v) is 10.3. The maximum atomic E-state index is 5.03. The molecule has 0 saturated heterocycles. The Bertz CT molecular complexity index is 2770. The van der Waals surface area contributed by atoms with Crippen LogP contribution in [0.15, 0.2) is 158 Å². The average Bonchev–Trinajstić information content (AvgIpc) is 3.86. The zero-order chi connectivity index (χ0) is 31.6. The molecule has 0 bridgehead atoms. The van der Waals surface area contributed by atoms with Crippen molar-refractivity contribution >= 4 is 102 Å². The second-order valence-electron chi connectivity index (χ2n) is 12.0. The van der Waals surface area contributed by atoms with Crippen molar-refractivity contribution in [2.45, 2.75) is 0 Å². The van der Waals surface area contributed by atoms with E-state index in [9.17, 15) is 0 Å². The quantitative estimate of drug-likeness (QED) is 0.182. The molecule has 10 aromatic rings. The lowest BCUT2D eigenvalue weighted by atomic mass is 10.0. The number of hydrogen-bond donors (Lipinski definition) is 0. The van der Waals surface area contributed by atoms with Gasteiger partial charge in [-0.1, -0.05) is 91.0 Å². The number of fused-ring (bicyclic) bond motifs is 8. The largest absolute Gasteiger partial charge is 0.310 e. The highest BCUT2D eigenvalue weighted by Gasteiger charge is 2.19. The molecule has 7 aromatic carbocycles. The molecule has 0 saturated carbocycles. The van der Waals surface area contributed by atoms with Gasteiger partial charge in [0.05, 0.1) is 15.9 Å². The summed E-state index contributed by atoms with van der Waals surface area (Å²) < 4.78 is 6.49. The fraction of sp³-hybridized carbons (Fsp3) is 0. The van der Waals surface area contributed by atoms with Gasteiger partial charge in [-0.05, 0) is 77.9 Å². The first-order valence-corrected chi connectivity index (χ1v) is 18.4. The number of thiophene rings is 2. The first kappa shape index (κ1) is 27.8. The van der Waals surface area contributed by atoms with Crippen molar-refractivity contribution in [3.05, 3.63) is 158 Å². The summed E-state index contributed by atoms with van der Waals surface area (Å²) in [5.74, 6) is 0. The lowest BCUT2D eigenvalue weighted by molar-refractivity contribution is 1.30. The van der Waals surface area contributed by atoms with Gasteiger partial charge >= 0.3 is 0 Å². The van der Waals surface area contributed by atoms with Crippen LogP contribution in [0.3, 0.4) is 0 Å². The third-order valence-corrected chi connectivity index (χ3v) is 12.5. The Morgan fingerprint density at radius 1 is 0.417 bits per heavy atom. The number of nitrogens with zero attached hydrogens (tertiary/aromatic N) is 2. The molecule has 0 aliphatic carbocycles. The van der Waals surface area contributed by atoms with E-state index in [4.69, 9.17) is 4.98 Å². The van der Waals surface area contributed by atoms with Gasteiger partial charge in [-0.25, -0.2) is 4.98 Å². The molecule has 0 amide bonds. The van der Waals surface area contributed by atoms with Crippen LogP contribution >= 0.6 is 34.0 Å². The molecule has 48 heavy (non-hydrogen) atoms. The van der Waals surface area contributed by atoms with Gasteiger partial charge in [0.2, 0.25) is 0 Å². The molecule has 0 aliphatic heterocycles. The molecule has 5 heteroatoms. The predicted molar refractivity (Wildman–Crippen MR) is 211 cm³/mol. The van der Waals surface area contributed by atoms with Crippen LogP contribution < -0.4 is 4.90 Å². The van der Waals surface area contributed by atoms with E-state index in [0.717, 1.165) is 21.9 Å². The monoisotopic (exact) mass is 666 g/mol. The summed E-state index contributed by atoms with van der Waals surface area (Å²) >= 11 is 5.51. The summed E-state index contributed by atoms with van der Waals surface area (Å²) in [6.07, 6.45) is 0. The molecular formula is C43H26N2S3. The van der Waals surface area contributed by atoms with Gasteiger partial charge in [-0.3, -0.25) is 0 Å². The summed E-state index contributed by atoms with van der Waals surface area (Å²) in [6, 6.07) is 57.0. The lowest BCUT2D eigenvalue weighted by Crippen LogP contribution is -2.10. The van der Waals surface area contributed by atoms with Crippen LogP contribution in [0.5, 0.6) is 0 Å². The van der Waals surface area contributed by atoms with Crippen LogP contribution in [0.1, 0.15) is 0 Å². The van der Waals surface area contributed by atoms with Crippen molar-refractivity contribution in [2.75, 3.05) is 4.90 Å². The Hall–Kier alpha value is -5.33. The Balaban J connectivity index is 1.09. The van der Waals surface area contributed by atoms with Crippen molar-refractivity contribution in [1.29, 1.82) is 0 Å². The highest BCUT2D eigenvalue weighted by Crippen LogP contribution is 2.46. The van der Waals surface area contributed by atoms with Gasteiger partial charge in [-0.15, -0.1) is 34.0 Å². The summed E-state index contributed by atoms with van der Waals surface area (Å²) in [7, 11) is 0. The first-order valence-electron chi connectivity index (χ1n) is 16.0. The molecule has 2 nitrogen and oxygen atoms in total. The molecule has 3 heterocycles. The van der Waals surface area contributed by atoms with Crippen LogP contribution in [-0.4, -0.2) is 4.98 Å². The number of para-hydroxylation sites is 1. The molecule has 10 rings (SSSR count). The highest BCUT2D eigenvalue weighted by molar-refractivity contribution is 7.28. The van der Waals surface area contributed by atoms with E-state index in [1.807, 2.05) is 22.7 Å². The normalized spacial score (nSPS) is 11.8. The second kappa shape index (κ2) is 11.1. The van der Waals surface area contributed by atoms with Crippen LogP contribution in [0.25, 0.3) is 72.3 Å². The Morgan fingerprint density at radius 2 is 1.06 bits per heavy atom. The molecule has 0 spiro atoms. The van der Waals surface area contributed by atoms with Gasteiger partial charge in [0.1, 0.15) is 5.01 Å². The molecule has 3 aromatic heterocycles. The Kier molecular flexibility index (Phi) is 6.44. The molecule has 0 aliphatic rings. The number of thiazole rings is 1.